The Morgan fingerprint density at radius 1 is 1.03 bits per heavy atom. The molecule has 0 aliphatic carbocycles. The lowest BCUT2D eigenvalue weighted by molar-refractivity contribution is -0.117. The van der Waals surface area contributed by atoms with E-state index >= 15 is 0 Å². The van der Waals surface area contributed by atoms with Crippen molar-refractivity contribution in [2.45, 2.75) is 6.92 Å². The zero-order chi connectivity index (χ0) is 20.4. The Hall–Kier alpha value is -3.31. The summed E-state index contributed by atoms with van der Waals surface area (Å²) >= 11 is 6.15. The predicted octanol–water partition coefficient (Wildman–Crippen LogP) is 4.11. The maximum atomic E-state index is 12.9. The van der Waals surface area contributed by atoms with Gasteiger partial charge in [0.2, 0.25) is 5.91 Å². The molecule has 2 heterocycles. The van der Waals surface area contributed by atoms with Crippen LogP contribution in [0.5, 0.6) is 0 Å². The molecule has 0 bridgehead atoms. The number of halogens is 1. The Morgan fingerprint density at radius 2 is 1.76 bits per heavy atom. The van der Waals surface area contributed by atoms with Crippen molar-refractivity contribution >= 4 is 34.7 Å². The van der Waals surface area contributed by atoms with Gasteiger partial charge in [-0.1, -0.05) is 71.8 Å². The monoisotopic (exact) mass is 403 g/mol. The molecule has 1 aliphatic rings. The Balaban J connectivity index is 1.75. The molecule has 0 radical (unpaired) electrons. The summed E-state index contributed by atoms with van der Waals surface area (Å²) in [6, 6.07) is 20.1. The number of amides is 1. The van der Waals surface area contributed by atoms with Crippen molar-refractivity contribution in [3.8, 4) is 0 Å². The first-order valence-corrected chi connectivity index (χ1v) is 9.58. The molecule has 4 rings (SSSR count). The van der Waals surface area contributed by atoms with E-state index in [1.807, 2.05) is 49.4 Å². The average Bonchev–Trinajstić information content (AvgIpc) is 2.86. The number of anilines is 1. The second-order valence-electron chi connectivity index (χ2n) is 6.80. The molecule has 6 heteroatoms. The third kappa shape index (κ3) is 3.96. The summed E-state index contributed by atoms with van der Waals surface area (Å²) in [5.41, 5.74) is 4.06. The SMILES string of the molecule is Cc1ccc(C(=O)CN2C(=O)CN=C(c3ccccc3)c3nc(Cl)ccc32)cc1. The zero-order valence-electron chi connectivity index (χ0n) is 15.8. The highest BCUT2D eigenvalue weighted by atomic mass is 35.5. The molecule has 5 nitrogen and oxygen atoms in total. The summed E-state index contributed by atoms with van der Waals surface area (Å²) in [5, 5.41) is 0.298. The zero-order valence-corrected chi connectivity index (χ0v) is 16.6. The number of fused-ring (bicyclic) bond motifs is 1. The van der Waals surface area contributed by atoms with Crippen LogP contribution in [0.3, 0.4) is 0 Å². The Morgan fingerprint density at radius 3 is 2.48 bits per heavy atom. The highest BCUT2D eigenvalue weighted by molar-refractivity contribution is 6.30. The average molecular weight is 404 g/mol. The van der Waals surface area contributed by atoms with Gasteiger partial charge >= 0.3 is 0 Å². The van der Waals surface area contributed by atoms with Crippen molar-refractivity contribution in [3.05, 3.63) is 94.3 Å². The van der Waals surface area contributed by atoms with E-state index in [1.54, 1.807) is 24.3 Å². The quantitative estimate of drug-likeness (QED) is 0.486. The highest BCUT2D eigenvalue weighted by Crippen LogP contribution is 2.27. The van der Waals surface area contributed by atoms with Crippen LogP contribution >= 0.6 is 11.6 Å². The number of aryl methyl sites for hydroxylation is 1. The number of carbonyl (C=O) groups excluding carboxylic acids is 2. The molecule has 29 heavy (non-hydrogen) atoms. The lowest BCUT2D eigenvalue weighted by Crippen LogP contribution is -2.37. The molecule has 0 fully saturated rings. The Kier molecular flexibility index (Phi) is 5.23. The van der Waals surface area contributed by atoms with E-state index in [0.717, 1.165) is 11.1 Å². The molecular weight excluding hydrogens is 386 g/mol. The molecule has 0 atom stereocenters. The summed E-state index contributed by atoms with van der Waals surface area (Å²) in [6.07, 6.45) is 0. The topological polar surface area (TPSA) is 62.6 Å². The van der Waals surface area contributed by atoms with Crippen LogP contribution < -0.4 is 4.90 Å². The molecule has 1 aromatic heterocycles. The molecule has 1 amide bonds. The molecule has 144 valence electrons. The summed E-state index contributed by atoms with van der Waals surface area (Å²) in [5.74, 6) is -0.413. The maximum absolute atomic E-state index is 12.9. The van der Waals surface area contributed by atoms with Gasteiger partial charge in [0.25, 0.3) is 0 Å². The normalized spacial score (nSPS) is 13.5. The lowest BCUT2D eigenvalue weighted by Gasteiger charge is -2.22. The van der Waals surface area contributed by atoms with E-state index in [1.165, 1.54) is 4.90 Å². The maximum Gasteiger partial charge on any atom is 0.249 e. The van der Waals surface area contributed by atoms with Crippen molar-refractivity contribution < 1.29 is 9.59 Å². The fraction of sp³-hybridized carbons (Fsp3) is 0.130. The van der Waals surface area contributed by atoms with E-state index in [9.17, 15) is 9.59 Å². The first-order chi connectivity index (χ1) is 14.0. The van der Waals surface area contributed by atoms with Gasteiger partial charge in [0.05, 0.1) is 17.9 Å². The summed E-state index contributed by atoms with van der Waals surface area (Å²) < 4.78 is 0. The molecule has 0 saturated carbocycles. The number of Topliss-reactive ketones (excluding diaryl/α,β-unsaturated/α-hetero) is 1. The fourth-order valence-electron chi connectivity index (χ4n) is 3.23. The molecule has 3 aromatic rings. The number of hydrogen-bond donors (Lipinski definition) is 0. The van der Waals surface area contributed by atoms with Gasteiger partial charge in [-0.05, 0) is 19.1 Å². The molecule has 0 N–H and O–H groups in total. The van der Waals surface area contributed by atoms with Gasteiger partial charge in [-0.25, -0.2) is 4.98 Å². The predicted molar refractivity (Wildman–Crippen MR) is 114 cm³/mol. The van der Waals surface area contributed by atoms with Gasteiger partial charge in [0.1, 0.15) is 17.4 Å². The summed E-state index contributed by atoms with van der Waals surface area (Å²) in [6.45, 7) is 1.80. The molecular formula is C23H18ClN3O2. The molecule has 0 spiro atoms. The van der Waals surface area contributed by atoms with Gasteiger partial charge in [-0.15, -0.1) is 0 Å². The van der Waals surface area contributed by atoms with Gasteiger partial charge in [0, 0.05) is 11.1 Å². The minimum Gasteiger partial charge on any atom is -0.301 e. The number of aromatic nitrogens is 1. The molecule has 1 aliphatic heterocycles. The van der Waals surface area contributed by atoms with Crippen LogP contribution in [0.15, 0.2) is 71.7 Å². The van der Waals surface area contributed by atoms with Crippen molar-refractivity contribution in [3.63, 3.8) is 0 Å². The van der Waals surface area contributed by atoms with Gasteiger partial charge in [-0.2, -0.15) is 0 Å². The van der Waals surface area contributed by atoms with Crippen molar-refractivity contribution in [2.75, 3.05) is 18.0 Å². The third-order valence-corrected chi connectivity index (χ3v) is 4.96. The third-order valence-electron chi connectivity index (χ3n) is 4.75. The fourth-order valence-corrected chi connectivity index (χ4v) is 3.38. The van der Waals surface area contributed by atoms with E-state index < -0.39 is 0 Å². The van der Waals surface area contributed by atoms with Crippen LogP contribution in [0.25, 0.3) is 0 Å². The van der Waals surface area contributed by atoms with Crippen LogP contribution in [-0.4, -0.2) is 35.5 Å². The van der Waals surface area contributed by atoms with Crippen molar-refractivity contribution in [1.29, 1.82) is 0 Å². The van der Waals surface area contributed by atoms with E-state index in [4.69, 9.17) is 11.6 Å². The minimum atomic E-state index is -0.262. The van der Waals surface area contributed by atoms with E-state index in [2.05, 4.69) is 9.98 Å². The highest BCUT2D eigenvalue weighted by Gasteiger charge is 2.28. The minimum absolute atomic E-state index is 0.0701. The second kappa shape index (κ2) is 7.97. The van der Waals surface area contributed by atoms with Crippen LogP contribution in [0.1, 0.15) is 27.2 Å². The van der Waals surface area contributed by atoms with Crippen LogP contribution in [0.4, 0.5) is 5.69 Å². The number of nitrogens with zero attached hydrogens (tertiary/aromatic N) is 3. The Labute approximate surface area is 173 Å². The largest absolute Gasteiger partial charge is 0.301 e. The summed E-state index contributed by atoms with van der Waals surface area (Å²) in [4.78, 5) is 36.1. The van der Waals surface area contributed by atoms with Crippen LogP contribution in [0, 0.1) is 6.92 Å². The molecule has 2 aromatic carbocycles. The lowest BCUT2D eigenvalue weighted by atomic mass is 10.0. The number of aliphatic imine (C=N–C) groups is 1. The number of ketones is 1. The van der Waals surface area contributed by atoms with E-state index in [-0.39, 0.29) is 24.8 Å². The number of pyridine rings is 1. The Bertz CT molecular complexity index is 1110. The number of rotatable bonds is 4. The molecule has 0 unspecified atom stereocenters. The molecule has 0 saturated heterocycles. The second-order valence-corrected chi connectivity index (χ2v) is 7.19. The number of benzene rings is 2. The number of hydrogen-bond acceptors (Lipinski definition) is 4. The van der Waals surface area contributed by atoms with Gasteiger partial charge in [0.15, 0.2) is 5.78 Å². The van der Waals surface area contributed by atoms with Gasteiger partial charge in [-0.3, -0.25) is 14.6 Å². The van der Waals surface area contributed by atoms with Crippen LogP contribution in [-0.2, 0) is 4.79 Å². The van der Waals surface area contributed by atoms with Crippen molar-refractivity contribution in [1.82, 2.24) is 4.98 Å². The van der Waals surface area contributed by atoms with Gasteiger partial charge < -0.3 is 4.90 Å². The number of carbonyl (C=O) groups is 2. The first-order valence-electron chi connectivity index (χ1n) is 9.20. The van der Waals surface area contributed by atoms with E-state index in [0.29, 0.717) is 27.8 Å². The van der Waals surface area contributed by atoms with Crippen molar-refractivity contribution in [2.24, 2.45) is 4.99 Å². The smallest absolute Gasteiger partial charge is 0.249 e. The standard InChI is InChI=1S/C23H18ClN3O2/c1-15-7-9-16(10-8-15)19(28)14-27-18-11-12-20(24)26-23(18)22(25-13-21(27)29)17-5-3-2-4-6-17/h2-12H,13-14H2,1H3. The van der Waals surface area contributed by atoms with Crippen LogP contribution in [0.2, 0.25) is 5.15 Å². The first kappa shape index (κ1) is 19.0. The summed E-state index contributed by atoms with van der Waals surface area (Å²) in [7, 11) is 0.